The maximum Gasteiger partial charge on any atom is 0.303 e. The summed E-state index contributed by atoms with van der Waals surface area (Å²) in [6, 6.07) is 0. The minimum Gasteiger partial charge on any atom is -0.493 e. The number of thiazole rings is 1. The van der Waals surface area contributed by atoms with Crippen molar-refractivity contribution in [2.24, 2.45) is 0 Å². The van der Waals surface area contributed by atoms with Crippen LogP contribution in [-0.4, -0.2) is 20.7 Å². The standard InChI is InChI=1S/C12H17NO3S2/c1-2-3-4-6-9-11(16)13(12(17)18-9)8-5-7-10(14)15/h4,6,16H,2-3,5,7-8H2,1H3,(H,14,15). The predicted octanol–water partition coefficient (Wildman–Crippen LogP) is 3.66. The fraction of sp³-hybridized carbons (Fsp3) is 0.500. The zero-order valence-electron chi connectivity index (χ0n) is 10.3. The van der Waals surface area contributed by atoms with Crippen molar-refractivity contribution in [2.45, 2.75) is 39.2 Å². The van der Waals surface area contributed by atoms with Gasteiger partial charge in [-0.2, -0.15) is 0 Å². The fourth-order valence-corrected chi connectivity index (χ4v) is 2.75. The molecule has 0 aliphatic heterocycles. The maximum absolute atomic E-state index is 10.4. The number of aromatic nitrogens is 1. The van der Waals surface area contributed by atoms with Gasteiger partial charge in [-0.05, 0) is 31.1 Å². The number of carboxylic acids is 1. The topological polar surface area (TPSA) is 62.5 Å². The Morgan fingerprint density at radius 1 is 1.56 bits per heavy atom. The minimum atomic E-state index is -0.834. The van der Waals surface area contributed by atoms with E-state index in [-0.39, 0.29) is 12.3 Å². The van der Waals surface area contributed by atoms with Gasteiger partial charge in [-0.3, -0.25) is 9.36 Å². The van der Waals surface area contributed by atoms with Gasteiger partial charge in [0.25, 0.3) is 0 Å². The number of aliphatic carboxylic acids is 1. The van der Waals surface area contributed by atoms with Crippen LogP contribution < -0.4 is 0 Å². The van der Waals surface area contributed by atoms with Crippen molar-refractivity contribution in [3.05, 3.63) is 14.9 Å². The third-order valence-electron chi connectivity index (χ3n) is 2.39. The summed E-state index contributed by atoms with van der Waals surface area (Å²) >= 11 is 6.50. The summed E-state index contributed by atoms with van der Waals surface area (Å²) in [5.41, 5.74) is 0. The molecule has 1 aromatic heterocycles. The van der Waals surface area contributed by atoms with E-state index < -0.39 is 5.97 Å². The van der Waals surface area contributed by atoms with Gasteiger partial charge in [-0.15, -0.1) is 11.3 Å². The van der Waals surface area contributed by atoms with Gasteiger partial charge in [0.2, 0.25) is 5.88 Å². The maximum atomic E-state index is 10.4. The average molecular weight is 287 g/mol. The number of carbonyl (C=O) groups is 1. The normalized spacial score (nSPS) is 11.2. The van der Waals surface area contributed by atoms with Crippen LogP contribution >= 0.6 is 23.6 Å². The molecule has 0 radical (unpaired) electrons. The highest BCUT2D eigenvalue weighted by Crippen LogP contribution is 2.27. The van der Waals surface area contributed by atoms with Gasteiger partial charge in [0.1, 0.15) is 0 Å². The molecule has 1 heterocycles. The number of aromatic hydroxyl groups is 1. The van der Waals surface area contributed by atoms with E-state index in [1.54, 1.807) is 4.57 Å². The van der Waals surface area contributed by atoms with E-state index in [0.29, 0.717) is 16.9 Å². The molecule has 0 aliphatic rings. The molecule has 0 aromatic carbocycles. The van der Waals surface area contributed by atoms with Crippen molar-refractivity contribution in [2.75, 3.05) is 0 Å². The molecule has 2 N–H and O–H groups in total. The summed E-state index contributed by atoms with van der Waals surface area (Å²) in [6.07, 6.45) is 6.43. The Morgan fingerprint density at radius 3 is 2.89 bits per heavy atom. The molecule has 0 spiro atoms. The molecular weight excluding hydrogens is 270 g/mol. The lowest BCUT2D eigenvalue weighted by molar-refractivity contribution is -0.137. The van der Waals surface area contributed by atoms with Gasteiger partial charge in [-0.25, -0.2) is 0 Å². The number of allylic oxidation sites excluding steroid dienone is 1. The van der Waals surface area contributed by atoms with Gasteiger partial charge in [0.15, 0.2) is 3.95 Å². The van der Waals surface area contributed by atoms with Crippen LogP contribution in [-0.2, 0) is 11.3 Å². The van der Waals surface area contributed by atoms with Gasteiger partial charge < -0.3 is 10.2 Å². The summed E-state index contributed by atoms with van der Waals surface area (Å²) in [5, 5.41) is 18.6. The summed E-state index contributed by atoms with van der Waals surface area (Å²) in [6.45, 7) is 2.53. The monoisotopic (exact) mass is 287 g/mol. The molecule has 1 rings (SSSR count). The Labute approximate surface area is 115 Å². The lowest BCUT2D eigenvalue weighted by Crippen LogP contribution is -2.01. The number of nitrogens with zero attached hydrogens (tertiary/aromatic N) is 1. The van der Waals surface area contributed by atoms with Gasteiger partial charge in [0, 0.05) is 13.0 Å². The first-order valence-electron chi connectivity index (χ1n) is 5.87. The lowest BCUT2D eigenvalue weighted by Gasteiger charge is -2.02. The first kappa shape index (κ1) is 14.9. The number of hydrogen-bond acceptors (Lipinski definition) is 4. The van der Waals surface area contributed by atoms with E-state index in [9.17, 15) is 9.90 Å². The van der Waals surface area contributed by atoms with Crippen molar-refractivity contribution < 1.29 is 15.0 Å². The Balaban J connectivity index is 2.74. The molecule has 0 saturated heterocycles. The van der Waals surface area contributed by atoms with Crippen molar-refractivity contribution in [1.82, 2.24) is 4.57 Å². The minimum absolute atomic E-state index is 0.0814. The molecule has 18 heavy (non-hydrogen) atoms. The molecule has 4 nitrogen and oxygen atoms in total. The van der Waals surface area contributed by atoms with Crippen molar-refractivity contribution in [3.8, 4) is 5.88 Å². The zero-order valence-corrected chi connectivity index (χ0v) is 11.9. The molecule has 0 aliphatic carbocycles. The van der Waals surface area contributed by atoms with Gasteiger partial charge in [-0.1, -0.05) is 19.4 Å². The summed E-state index contributed by atoms with van der Waals surface area (Å²) < 4.78 is 2.17. The van der Waals surface area contributed by atoms with Crippen LogP contribution in [0.25, 0.3) is 6.08 Å². The molecular formula is C12H17NO3S2. The Morgan fingerprint density at radius 2 is 2.28 bits per heavy atom. The first-order chi connectivity index (χ1) is 8.56. The zero-order chi connectivity index (χ0) is 13.5. The second kappa shape index (κ2) is 7.33. The van der Waals surface area contributed by atoms with Crippen LogP contribution in [0.1, 0.15) is 37.5 Å². The number of carboxylic acid groups (broad SMARTS) is 1. The largest absolute Gasteiger partial charge is 0.493 e. The molecule has 0 saturated carbocycles. The SMILES string of the molecule is CCCC=Cc1sc(=S)n(CCCC(=O)O)c1O. The van der Waals surface area contributed by atoms with Crippen LogP contribution in [0, 0.1) is 3.95 Å². The summed E-state index contributed by atoms with van der Waals surface area (Å²) in [7, 11) is 0. The van der Waals surface area contributed by atoms with Crippen molar-refractivity contribution >= 4 is 35.6 Å². The van der Waals surface area contributed by atoms with Crippen molar-refractivity contribution in [1.29, 1.82) is 0 Å². The van der Waals surface area contributed by atoms with E-state index >= 15 is 0 Å². The van der Waals surface area contributed by atoms with Crippen LogP contribution in [0.2, 0.25) is 0 Å². The van der Waals surface area contributed by atoms with Gasteiger partial charge >= 0.3 is 5.97 Å². The third kappa shape index (κ3) is 4.27. The molecule has 1 aromatic rings. The van der Waals surface area contributed by atoms with Crippen LogP contribution in [0.4, 0.5) is 0 Å². The number of unbranched alkanes of at least 4 members (excludes halogenated alkanes) is 1. The molecule has 6 heteroatoms. The van der Waals surface area contributed by atoms with E-state index in [2.05, 4.69) is 6.92 Å². The fourth-order valence-electron chi connectivity index (χ4n) is 1.47. The highest BCUT2D eigenvalue weighted by Gasteiger charge is 2.09. The number of rotatable bonds is 7. The Hall–Kier alpha value is -1.14. The van der Waals surface area contributed by atoms with Crippen LogP contribution in [0.5, 0.6) is 5.88 Å². The van der Waals surface area contributed by atoms with E-state index in [1.165, 1.54) is 11.3 Å². The quantitative estimate of drug-likeness (QED) is 0.751. The first-order valence-corrected chi connectivity index (χ1v) is 7.09. The van der Waals surface area contributed by atoms with Crippen molar-refractivity contribution in [3.63, 3.8) is 0 Å². The lowest BCUT2D eigenvalue weighted by atomic mass is 10.3. The summed E-state index contributed by atoms with van der Waals surface area (Å²) in [5.74, 6) is -0.693. The second-order valence-corrected chi connectivity index (χ2v) is 5.57. The molecule has 0 bridgehead atoms. The van der Waals surface area contributed by atoms with Crippen LogP contribution in [0.3, 0.4) is 0 Å². The average Bonchev–Trinajstić information content (AvgIpc) is 2.56. The Kier molecular flexibility index (Phi) is 6.07. The van der Waals surface area contributed by atoms with Gasteiger partial charge in [0.05, 0.1) is 4.88 Å². The second-order valence-electron chi connectivity index (χ2n) is 3.90. The van der Waals surface area contributed by atoms with E-state index in [1.807, 2.05) is 12.2 Å². The Bertz CT molecular complexity index is 488. The highest BCUT2D eigenvalue weighted by molar-refractivity contribution is 7.73. The summed E-state index contributed by atoms with van der Waals surface area (Å²) in [4.78, 5) is 11.2. The molecule has 0 unspecified atom stereocenters. The molecule has 0 fully saturated rings. The molecule has 0 amide bonds. The predicted molar refractivity (Wildman–Crippen MR) is 75.6 cm³/mol. The third-order valence-corrected chi connectivity index (χ3v) is 3.79. The smallest absolute Gasteiger partial charge is 0.303 e. The number of hydrogen-bond donors (Lipinski definition) is 2. The molecule has 100 valence electrons. The highest BCUT2D eigenvalue weighted by atomic mass is 32.1. The molecule has 0 atom stereocenters. The van der Waals surface area contributed by atoms with E-state index in [4.69, 9.17) is 17.3 Å². The van der Waals surface area contributed by atoms with Crippen LogP contribution in [0.15, 0.2) is 6.08 Å². The van der Waals surface area contributed by atoms with E-state index in [0.717, 1.165) is 17.7 Å².